The monoisotopic (exact) mass is 305 g/mol. The zero-order chi connectivity index (χ0) is 16.1. The van der Waals surface area contributed by atoms with Crippen LogP contribution < -0.4 is 5.32 Å². The van der Waals surface area contributed by atoms with Crippen LogP contribution in [0.25, 0.3) is 10.8 Å². The Hall–Kier alpha value is -2.16. The van der Waals surface area contributed by atoms with E-state index in [-0.39, 0.29) is 12.1 Å². The molecule has 2 N–H and O–H groups in total. The minimum atomic E-state index is -0.375. The van der Waals surface area contributed by atoms with E-state index in [1.165, 1.54) is 21.9 Å². The van der Waals surface area contributed by atoms with Gasteiger partial charge in [-0.25, -0.2) is 0 Å². The van der Waals surface area contributed by atoms with E-state index in [0.717, 1.165) is 0 Å². The van der Waals surface area contributed by atoms with E-state index in [0.29, 0.717) is 13.0 Å². The summed E-state index contributed by atoms with van der Waals surface area (Å²) in [7, 11) is 0. The van der Waals surface area contributed by atoms with Gasteiger partial charge in [0.1, 0.15) is 0 Å². The van der Waals surface area contributed by atoms with Crippen LogP contribution in [0.5, 0.6) is 0 Å². The van der Waals surface area contributed by atoms with E-state index in [4.69, 9.17) is 0 Å². The molecule has 0 amide bonds. The molecular weight excluding hydrogens is 282 g/mol. The molecule has 0 aromatic heterocycles. The van der Waals surface area contributed by atoms with Crippen molar-refractivity contribution >= 4 is 10.8 Å². The summed E-state index contributed by atoms with van der Waals surface area (Å²) in [6.07, 6.45) is 0.304. The maximum atomic E-state index is 10.2. The first-order valence-corrected chi connectivity index (χ1v) is 8.16. The van der Waals surface area contributed by atoms with Crippen molar-refractivity contribution in [3.63, 3.8) is 0 Å². The lowest BCUT2D eigenvalue weighted by Gasteiger charge is -2.18. The average Bonchev–Trinajstić information content (AvgIpc) is 2.60. The molecule has 3 aromatic rings. The molecule has 2 nitrogen and oxygen atoms in total. The molecule has 23 heavy (non-hydrogen) atoms. The second-order valence-electron chi connectivity index (χ2n) is 6.08. The van der Waals surface area contributed by atoms with E-state index in [9.17, 15) is 5.11 Å². The number of nitrogens with one attached hydrogen (secondary N) is 1. The van der Waals surface area contributed by atoms with Gasteiger partial charge in [-0.15, -0.1) is 0 Å². The number of hydrogen-bond donors (Lipinski definition) is 2. The van der Waals surface area contributed by atoms with Crippen LogP contribution >= 0.6 is 0 Å². The first-order chi connectivity index (χ1) is 11.2. The summed E-state index contributed by atoms with van der Waals surface area (Å²) in [5.41, 5.74) is 2.41. The summed E-state index contributed by atoms with van der Waals surface area (Å²) in [4.78, 5) is 0. The summed E-state index contributed by atoms with van der Waals surface area (Å²) in [6, 6.07) is 25.2. The number of aliphatic hydroxyl groups excluding tert-OH is 1. The van der Waals surface area contributed by atoms with E-state index in [2.05, 4.69) is 66.8 Å². The predicted molar refractivity (Wildman–Crippen MR) is 96.5 cm³/mol. The largest absolute Gasteiger partial charge is 0.391 e. The van der Waals surface area contributed by atoms with Crippen molar-refractivity contribution in [2.75, 3.05) is 6.54 Å². The van der Waals surface area contributed by atoms with Gasteiger partial charge in [-0.2, -0.15) is 0 Å². The molecule has 0 saturated carbocycles. The van der Waals surface area contributed by atoms with Gasteiger partial charge >= 0.3 is 0 Å². The summed E-state index contributed by atoms with van der Waals surface area (Å²) in [5.74, 6) is 0. The van der Waals surface area contributed by atoms with Gasteiger partial charge in [0.2, 0.25) is 0 Å². The van der Waals surface area contributed by atoms with Crippen LogP contribution in [-0.2, 0) is 6.42 Å². The zero-order valence-corrected chi connectivity index (χ0v) is 13.4. The Bertz CT molecular complexity index is 754. The number of hydrogen-bond acceptors (Lipinski definition) is 2. The van der Waals surface area contributed by atoms with Gasteiger partial charge in [0, 0.05) is 12.6 Å². The van der Waals surface area contributed by atoms with E-state index < -0.39 is 0 Å². The molecule has 0 aliphatic heterocycles. The second-order valence-corrected chi connectivity index (χ2v) is 6.08. The fourth-order valence-corrected chi connectivity index (χ4v) is 2.87. The maximum Gasteiger partial charge on any atom is 0.0705 e. The molecule has 2 unspecified atom stereocenters. The van der Waals surface area contributed by atoms with Gasteiger partial charge in [-0.05, 0) is 41.3 Å². The van der Waals surface area contributed by atoms with Gasteiger partial charge in [0.25, 0.3) is 0 Å². The van der Waals surface area contributed by atoms with Crippen molar-refractivity contribution in [2.24, 2.45) is 0 Å². The third-order valence-electron chi connectivity index (χ3n) is 4.25. The van der Waals surface area contributed by atoms with Crippen molar-refractivity contribution < 1.29 is 5.11 Å². The highest BCUT2D eigenvalue weighted by Crippen LogP contribution is 2.20. The van der Waals surface area contributed by atoms with Crippen LogP contribution in [0.4, 0.5) is 0 Å². The fraction of sp³-hybridized carbons (Fsp3) is 0.238. The molecule has 0 radical (unpaired) electrons. The SMILES string of the molecule is CC(NCC(O)Cc1ccccc1)c1ccc2ccccc2c1. The highest BCUT2D eigenvalue weighted by atomic mass is 16.3. The van der Waals surface area contributed by atoms with Crippen LogP contribution in [0.2, 0.25) is 0 Å². The predicted octanol–water partition coefficient (Wildman–Crippen LogP) is 4.09. The average molecular weight is 305 g/mol. The van der Waals surface area contributed by atoms with Crippen LogP contribution in [0.3, 0.4) is 0 Å². The molecule has 0 bridgehead atoms. The van der Waals surface area contributed by atoms with Gasteiger partial charge in [-0.1, -0.05) is 66.7 Å². The summed E-state index contributed by atoms with van der Waals surface area (Å²) in [6.45, 7) is 2.72. The van der Waals surface area contributed by atoms with Gasteiger partial charge in [0.15, 0.2) is 0 Å². The molecule has 0 aliphatic carbocycles. The van der Waals surface area contributed by atoms with Crippen LogP contribution in [-0.4, -0.2) is 17.8 Å². The van der Waals surface area contributed by atoms with Crippen LogP contribution in [0.15, 0.2) is 72.8 Å². The molecule has 0 heterocycles. The summed E-state index contributed by atoms with van der Waals surface area (Å²) >= 11 is 0. The highest BCUT2D eigenvalue weighted by Gasteiger charge is 2.10. The normalized spacial score (nSPS) is 13.8. The molecule has 3 aromatic carbocycles. The number of rotatable bonds is 6. The zero-order valence-electron chi connectivity index (χ0n) is 13.4. The molecule has 0 aliphatic rings. The Labute approximate surface area is 137 Å². The van der Waals surface area contributed by atoms with Gasteiger partial charge in [0.05, 0.1) is 6.10 Å². The lowest BCUT2D eigenvalue weighted by molar-refractivity contribution is 0.168. The Morgan fingerprint density at radius 2 is 1.57 bits per heavy atom. The third kappa shape index (κ3) is 4.19. The van der Waals surface area contributed by atoms with E-state index in [1.54, 1.807) is 0 Å². The minimum absolute atomic E-state index is 0.213. The topological polar surface area (TPSA) is 32.3 Å². The summed E-state index contributed by atoms with van der Waals surface area (Å²) < 4.78 is 0. The molecule has 2 heteroatoms. The van der Waals surface area contributed by atoms with Gasteiger partial charge < -0.3 is 10.4 Å². The molecule has 118 valence electrons. The van der Waals surface area contributed by atoms with Crippen LogP contribution in [0, 0.1) is 0 Å². The molecule has 0 fully saturated rings. The molecule has 0 spiro atoms. The molecule has 0 saturated heterocycles. The molecule has 2 atom stereocenters. The van der Waals surface area contributed by atoms with Crippen molar-refractivity contribution in [3.8, 4) is 0 Å². The van der Waals surface area contributed by atoms with Crippen molar-refractivity contribution in [1.82, 2.24) is 5.32 Å². The second kappa shape index (κ2) is 7.40. The van der Waals surface area contributed by atoms with Gasteiger partial charge in [-0.3, -0.25) is 0 Å². The van der Waals surface area contributed by atoms with Crippen molar-refractivity contribution in [1.29, 1.82) is 0 Å². The van der Waals surface area contributed by atoms with Crippen molar-refractivity contribution in [2.45, 2.75) is 25.5 Å². The first kappa shape index (κ1) is 15.7. The smallest absolute Gasteiger partial charge is 0.0705 e. The first-order valence-electron chi connectivity index (χ1n) is 8.16. The lowest BCUT2D eigenvalue weighted by Crippen LogP contribution is -2.30. The number of aliphatic hydroxyl groups is 1. The quantitative estimate of drug-likeness (QED) is 0.719. The Morgan fingerprint density at radius 1 is 0.870 bits per heavy atom. The Morgan fingerprint density at radius 3 is 2.35 bits per heavy atom. The minimum Gasteiger partial charge on any atom is -0.391 e. The van der Waals surface area contributed by atoms with Crippen molar-refractivity contribution in [3.05, 3.63) is 83.9 Å². The third-order valence-corrected chi connectivity index (χ3v) is 4.25. The van der Waals surface area contributed by atoms with Crippen LogP contribution in [0.1, 0.15) is 24.1 Å². The standard InChI is InChI=1S/C21H23NO/c1-16(19-12-11-18-9-5-6-10-20(18)14-19)22-15-21(23)13-17-7-3-2-4-8-17/h2-12,14,16,21-23H,13,15H2,1H3. The Kier molecular flexibility index (Phi) is 5.06. The maximum absolute atomic E-state index is 10.2. The molecular formula is C21H23NO. The van der Waals surface area contributed by atoms with E-state index >= 15 is 0 Å². The lowest BCUT2D eigenvalue weighted by atomic mass is 10.0. The fourth-order valence-electron chi connectivity index (χ4n) is 2.87. The summed E-state index contributed by atoms with van der Waals surface area (Å²) in [5, 5.41) is 16.2. The highest BCUT2D eigenvalue weighted by molar-refractivity contribution is 5.83. The number of benzene rings is 3. The molecule has 3 rings (SSSR count). The van der Waals surface area contributed by atoms with E-state index in [1.807, 2.05) is 18.2 Å². The Balaban J connectivity index is 1.58. The number of fused-ring (bicyclic) bond motifs is 1.